The van der Waals surface area contributed by atoms with E-state index < -0.39 is 5.97 Å². The number of hydrogen-bond donors (Lipinski definition) is 0. The summed E-state index contributed by atoms with van der Waals surface area (Å²) in [7, 11) is 0. The van der Waals surface area contributed by atoms with E-state index in [-0.39, 0.29) is 12.4 Å². The number of hydrogen-bond acceptors (Lipinski definition) is 4. The van der Waals surface area contributed by atoms with E-state index in [1.54, 1.807) is 18.2 Å². The van der Waals surface area contributed by atoms with Crippen molar-refractivity contribution in [3.8, 4) is 0 Å². The molecule has 0 N–H and O–H groups in total. The van der Waals surface area contributed by atoms with Crippen LogP contribution in [0.25, 0.3) is 0 Å². The Labute approximate surface area is 129 Å². The summed E-state index contributed by atoms with van der Waals surface area (Å²) < 4.78 is 5.97. The minimum absolute atomic E-state index is 0.195. The van der Waals surface area contributed by atoms with Gasteiger partial charge in [0.1, 0.15) is 0 Å². The second-order valence-corrected chi connectivity index (χ2v) is 6.88. The summed E-state index contributed by atoms with van der Waals surface area (Å²) in [6, 6.07) is 9.07. The molecule has 0 atom stereocenters. The molecular weight excluding hydrogens is 340 g/mol. The van der Waals surface area contributed by atoms with E-state index in [2.05, 4.69) is 15.9 Å². The summed E-state index contributed by atoms with van der Waals surface area (Å²) in [5.74, 6) is -0.658. The van der Waals surface area contributed by atoms with Crippen molar-refractivity contribution in [2.24, 2.45) is 0 Å². The monoisotopic (exact) mass is 352 g/mol. The molecule has 0 amide bonds. The van der Waals surface area contributed by atoms with Gasteiger partial charge < -0.3 is 4.74 Å². The molecule has 5 heteroatoms. The Balaban J connectivity index is 2.02. The van der Waals surface area contributed by atoms with Gasteiger partial charge in [0.2, 0.25) is 5.78 Å². The Morgan fingerprint density at radius 2 is 1.95 bits per heavy atom. The van der Waals surface area contributed by atoms with Crippen LogP contribution < -0.4 is 0 Å². The third-order valence-corrected chi connectivity index (χ3v) is 4.46. The number of halogens is 1. The molecule has 0 aliphatic carbocycles. The van der Waals surface area contributed by atoms with Crippen molar-refractivity contribution in [3.05, 3.63) is 55.7 Å². The number of esters is 1. The highest BCUT2D eigenvalue weighted by atomic mass is 79.9. The number of carbonyl (C=O) groups is 2. The van der Waals surface area contributed by atoms with Crippen molar-refractivity contribution in [2.75, 3.05) is 6.61 Å². The molecule has 1 aromatic heterocycles. The minimum Gasteiger partial charge on any atom is -0.454 e. The van der Waals surface area contributed by atoms with Gasteiger partial charge in [-0.15, -0.1) is 11.3 Å². The number of thiophene rings is 1. The molecule has 1 aromatic carbocycles. The van der Waals surface area contributed by atoms with Crippen LogP contribution in [0.3, 0.4) is 0 Å². The smallest absolute Gasteiger partial charge is 0.338 e. The van der Waals surface area contributed by atoms with E-state index >= 15 is 0 Å². The largest absolute Gasteiger partial charge is 0.454 e. The number of benzene rings is 1. The van der Waals surface area contributed by atoms with Gasteiger partial charge >= 0.3 is 5.97 Å². The highest BCUT2D eigenvalue weighted by Gasteiger charge is 2.15. The standard InChI is InChI=1S/C15H13BrO3S/c1-9-3-4-10(2)11(7-9)15(18)19-8-12(17)13-5-6-14(16)20-13/h3-7H,8H2,1-2H3. The van der Waals surface area contributed by atoms with Gasteiger partial charge in [-0.1, -0.05) is 17.7 Å². The van der Waals surface area contributed by atoms with Gasteiger partial charge in [-0.2, -0.15) is 0 Å². The molecule has 3 nitrogen and oxygen atoms in total. The summed E-state index contributed by atoms with van der Waals surface area (Å²) >= 11 is 4.62. The van der Waals surface area contributed by atoms with Crippen LogP contribution in [0.1, 0.15) is 31.2 Å². The first kappa shape index (κ1) is 14.9. The van der Waals surface area contributed by atoms with Gasteiger partial charge in [0.05, 0.1) is 14.2 Å². The maximum atomic E-state index is 12.0. The lowest BCUT2D eigenvalue weighted by Gasteiger charge is -2.07. The maximum Gasteiger partial charge on any atom is 0.338 e. The van der Waals surface area contributed by atoms with Crippen molar-refractivity contribution in [3.63, 3.8) is 0 Å². The van der Waals surface area contributed by atoms with Crippen molar-refractivity contribution in [2.45, 2.75) is 13.8 Å². The van der Waals surface area contributed by atoms with Crippen molar-refractivity contribution in [1.29, 1.82) is 0 Å². The Morgan fingerprint density at radius 3 is 2.60 bits per heavy atom. The molecule has 20 heavy (non-hydrogen) atoms. The Kier molecular flexibility index (Phi) is 4.73. The molecular formula is C15H13BrO3S. The van der Waals surface area contributed by atoms with Gasteiger partial charge in [-0.3, -0.25) is 4.79 Å². The molecule has 1 heterocycles. The summed E-state index contributed by atoms with van der Waals surface area (Å²) in [6.45, 7) is 3.51. The molecule has 104 valence electrons. The SMILES string of the molecule is Cc1ccc(C)c(C(=O)OCC(=O)c2ccc(Br)s2)c1. The lowest BCUT2D eigenvalue weighted by atomic mass is 10.1. The van der Waals surface area contributed by atoms with Gasteiger partial charge in [-0.05, 0) is 53.5 Å². The summed E-state index contributed by atoms with van der Waals surface area (Å²) in [6.07, 6.45) is 0. The molecule has 0 bridgehead atoms. The van der Waals surface area contributed by atoms with Crippen LogP contribution in [0.4, 0.5) is 0 Å². The molecule has 0 unspecified atom stereocenters. The molecule has 0 aliphatic heterocycles. The zero-order chi connectivity index (χ0) is 14.7. The number of Topliss-reactive ketones (excluding diaryl/α,β-unsaturated/α-hetero) is 1. The van der Waals surface area contributed by atoms with Crippen molar-refractivity contribution >= 4 is 39.0 Å². The van der Waals surface area contributed by atoms with Crippen molar-refractivity contribution in [1.82, 2.24) is 0 Å². The Hall–Kier alpha value is -1.46. The number of aryl methyl sites for hydroxylation is 2. The van der Waals surface area contributed by atoms with Crippen molar-refractivity contribution < 1.29 is 14.3 Å². The van der Waals surface area contributed by atoms with E-state index in [1.807, 2.05) is 26.0 Å². The quantitative estimate of drug-likeness (QED) is 0.612. The van der Waals surface area contributed by atoms with Crippen LogP contribution in [0.15, 0.2) is 34.1 Å². The Morgan fingerprint density at radius 1 is 1.20 bits per heavy atom. The molecule has 0 fully saturated rings. The molecule has 0 spiro atoms. The second-order valence-electron chi connectivity index (χ2n) is 4.42. The minimum atomic E-state index is -0.463. The van der Waals surface area contributed by atoms with Crippen LogP contribution in [-0.2, 0) is 4.74 Å². The molecule has 2 aromatic rings. The van der Waals surface area contributed by atoms with Crippen LogP contribution in [-0.4, -0.2) is 18.4 Å². The predicted molar refractivity (Wildman–Crippen MR) is 82.5 cm³/mol. The van der Waals surface area contributed by atoms with Crippen LogP contribution in [0.2, 0.25) is 0 Å². The topological polar surface area (TPSA) is 43.4 Å². The second kappa shape index (κ2) is 6.33. The number of ketones is 1. The van der Waals surface area contributed by atoms with Crippen LogP contribution >= 0.6 is 27.3 Å². The van der Waals surface area contributed by atoms with Gasteiger partial charge in [-0.25, -0.2) is 4.79 Å². The summed E-state index contributed by atoms with van der Waals surface area (Å²) in [4.78, 5) is 24.4. The fraction of sp³-hybridized carbons (Fsp3) is 0.200. The van der Waals surface area contributed by atoms with E-state index in [1.165, 1.54) is 11.3 Å². The predicted octanol–water partition coefficient (Wildman–Crippen LogP) is 4.17. The highest BCUT2D eigenvalue weighted by molar-refractivity contribution is 9.11. The van der Waals surface area contributed by atoms with Gasteiger partial charge in [0, 0.05) is 0 Å². The fourth-order valence-electron chi connectivity index (χ4n) is 1.70. The number of rotatable bonds is 4. The maximum absolute atomic E-state index is 12.0. The lowest BCUT2D eigenvalue weighted by Crippen LogP contribution is -2.14. The van der Waals surface area contributed by atoms with E-state index in [9.17, 15) is 9.59 Å². The molecule has 0 radical (unpaired) electrons. The van der Waals surface area contributed by atoms with Gasteiger partial charge in [0.15, 0.2) is 6.61 Å². The molecule has 0 aliphatic rings. The number of ether oxygens (including phenoxy) is 1. The Bertz CT molecular complexity index is 661. The highest BCUT2D eigenvalue weighted by Crippen LogP contribution is 2.22. The van der Waals surface area contributed by atoms with Crippen LogP contribution in [0.5, 0.6) is 0 Å². The van der Waals surface area contributed by atoms with E-state index in [0.717, 1.165) is 14.9 Å². The first-order valence-corrected chi connectivity index (χ1v) is 7.61. The molecule has 2 rings (SSSR count). The van der Waals surface area contributed by atoms with E-state index in [0.29, 0.717) is 10.4 Å². The number of carbonyl (C=O) groups excluding carboxylic acids is 2. The van der Waals surface area contributed by atoms with Gasteiger partial charge in [0.25, 0.3) is 0 Å². The summed E-state index contributed by atoms with van der Waals surface area (Å²) in [5, 5.41) is 0. The lowest BCUT2D eigenvalue weighted by molar-refractivity contribution is 0.0475. The fourth-order valence-corrected chi connectivity index (χ4v) is 3.01. The average molecular weight is 353 g/mol. The van der Waals surface area contributed by atoms with Crippen LogP contribution in [0, 0.1) is 13.8 Å². The third-order valence-electron chi connectivity index (χ3n) is 2.80. The zero-order valence-corrected chi connectivity index (χ0v) is 13.5. The average Bonchev–Trinajstić information content (AvgIpc) is 2.85. The molecule has 0 saturated carbocycles. The third kappa shape index (κ3) is 3.55. The first-order valence-electron chi connectivity index (χ1n) is 6.00. The van der Waals surface area contributed by atoms with E-state index in [4.69, 9.17) is 4.74 Å². The normalized spacial score (nSPS) is 10.3. The zero-order valence-electron chi connectivity index (χ0n) is 11.1. The molecule has 0 saturated heterocycles. The first-order chi connectivity index (χ1) is 9.47. The summed E-state index contributed by atoms with van der Waals surface area (Å²) in [5.41, 5.74) is 2.33.